The first-order valence-electron chi connectivity index (χ1n) is 9.05. The molecule has 1 aromatic carbocycles. The fraction of sp³-hybridized carbons (Fsp3) is 0.526. The van der Waals surface area contributed by atoms with Crippen LogP contribution in [0.4, 0.5) is 5.69 Å². The number of fused-ring (bicyclic) bond motifs is 1. The normalized spacial score (nSPS) is 22.4. The SMILES string of the molecule is CCC(=O)c1ccc2c(c1)N(CC(=O)NC1CCC(O)CC1)C(=O)CO2. The average molecular weight is 360 g/mol. The van der Waals surface area contributed by atoms with E-state index in [0.717, 1.165) is 12.8 Å². The minimum absolute atomic E-state index is 0.0227. The fourth-order valence-electron chi connectivity index (χ4n) is 3.39. The maximum Gasteiger partial charge on any atom is 0.265 e. The van der Waals surface area contributed by atoms with Crippen molar-refractivity contribution in [1.29, 1.82) is 0 Å². The standard InChI is InChI=1S/C19H24N2O5/c1-2-16(23)12-3-8-17-15(9-12)21(19(25)11-26-17)10-18(24)20-13-4-6-14(22)7-5-13/h3,8-9,13-14,22H,2,4-7,10-11H2,1H3,(H,20,24). The number of carbonyl (C=O) groups excluding carboxylic acids is 3. The largest absolute Gasteiger partial charge is 0.482 e. The third-order valence-corrected chi connectivity index (χ3v) is 4.91. The van der Waals surface area contributed by atoms with Crippen LogP contribution in [0, 0.1) is 0 Å². The molecule has 1 aliphatic heterocycles. The number of benzene rings is 1. The highest BCUT2D eigenvalue weighted by Crippen LogP contribution is 2.33. The summed E-state index contributed by atoms with van der Waals surface area (Å²) in [7, 11) is 0. The molecule has 0 saturated heterocycles. The lowest BCUT2D eigenvalue weighted by atomic mass is 9.93. The summed E-state index contributed by atoms with van der Waals surface area (Å²) in [6, 6.07) is 4.97. The molecule has 2 amide bonds. The second kappa shape index (κ2) is 7.86. The number of nitrogens with zero attached hydrogens (tertiary/aromatic N) is 1. The van der Waals surface area contributed by atoms with Crippen molar-refractivity contribution in [3.8, 4) is 5.75 Å². The highest BCUT2D eigenvalue weighted by atomic mass is 16.5. The third kappa shape index (κ3) is 4.04. The van der Waals surface area contributed by atoms with E-state index in [4.69, 9.17) is 4.74 Å². The van der Waals surface area contributed by atoms with Gasteiger partial charge in [-0.1, -0.05) is 6.92 Å². The Labute approximate surface area is 152 Å². The number of carbonyl (C=O) groups is 3. The predicted octanol–water partition coefficient (Wildman–Crippen LogP) is 1.42. The quantitative estimate of drug-likeness (QED) is 0.775. The van der Waals surface area contributed by atoms with E-state index in [1.54, 1.807) is 25.1 Å². The van der Waals surface area contributed by atoms with Crippen molar-refractivity contribution in [2.45, 2.75) is 51.2 Å². The number of nitrogens with one attached hydrogen (secondary N) is 1. The van der Waals surface area contributed by atoms with Gasteiger partial charge < -0.3 is 15.2 Å². The predicted molar refractivity (Wildman–Crippen MR) is 95.3 cm³/mol. The van der Waals surface area contributed by atoms with E-state index in [9.17, 15) is 19.5 Å². The van der Waals surface area contributed by atoms with Crippen molar-refractivity contribution in [2.24, 2.45) is 0 Å². The molecule has 2 aliphatic rings. The fourth-order valence-corrected chi connectivity index (χ4v) is 3.39. The van der Waals surface area contributed by atoms with E-state index < -0.39 is 0 Å². The number of hydrogen-bond acceptors (Lipinski definition) is 5. The van der Waals surface area contributed by atoms with Gasteiger partial charge in [0, 0.05) is 18.0 Å². The summed E-state index contributed by atoms with van der Waals surface area (Å²) in [5.41, 5.74) is 0.950. The van der Waals surface area contributed by atoms with Crippen LogP contribution in [0.1, 0.15) is 49.4 Å². The van der Waals surface area contributed by atoms with E-state index in [0.29, 0.717) is 36.3 Å². The molecular weight excluding hydrogens is 336 g/mol. The molecule has 0 bridgehead atoms. The number of anilines is 1. The van der Waals surface area contributed by atoms with Crippen molar-refractivity contribution in [1.82, 2.24) is 5.32 Å². The van der Waals surface area contributed by atoms with Crippen LogP contribution in [-0.2, 0) is 9.59 Å². The molecule has 1 saturated carbocycles. The van der Waals surface area contributed by atoms with E-state index in [1.807, 2.05) is 0 Å². The Bertz CT molecular complexity index is 710. The first kappa shape index (κ1) is 18.4. The Balaban J connectivity index is 1.72. The Hall–Kier alpha value is -2.41. The first-order valence-corrected chi connectivity index (χ1v) is 9.05. The molecule has 140 valence electrons. The van der Waals surface area contributed by atoms with Gasteiger partial charge in [0.15, 0.2) is 12.4 Å². The van der Waals surface area contributed by atoms with Crippen molar-refractivity contribution in [3.05, 3.63) is 23.8 Å². The van der Waals surface area contributed by atoms with Crippen molar-refractivity contribution in [3.63, 3.8) is 0 Å². The van der Waals surface area contributed by atoms with Gasteiger partial charge >= 0.3 is 0 Å². The van der Waals surface area contributed by atoms with Gasteiger partial charge in [0.25, 0.3) is 5.91 Å². The highest BCUT2D eigenvalue weighted by Gasteiger charge is 2.29. The van der Waals surface area contributed by atoms with Gasteiger partial charge in [-0.05, 0) is 43.9 Å². The number of aliphatic hydroxyl groups is 1. The van der Waals surface area contributed by atoms with Crippen LogP contribution in [0.25, 0.3) is 0 Å². The van der Waals surface area contributed by atoms with Gasteiger partial charge in [-0.3, -0.25) is 19.3 Å². The van der Waals surface area contributed by atoms with Crippen molar-refractivity contribution < 1.29 is 24.2 Å². The van der Waals surface area contributed by atoms with E-state index in [-0.39, 0.29) is 42.9 Å². The Kier molecular flexibility index (Phi) is 5.56. The van der Waals surface area contributed by atoms with Crippen LogP contribution < -0.4 is 15.0 Å². The summed E-state index contributed by atoms with van der Waals surface area (Å²) in [5, 5.41) is 12.5. The van der Waals surface area contributed by atoms with Gasteiger partial charge in [0.1, 0.15) is 12.3 Å². The molecule has 7 heteroatoms. The highest BCUT2D eigenvalue weighted by molar-refractivity contribution is 6.04. The summed E-state index contributed by atoms with van der Waals surface area (Å²) in [6.45, 7) is 1.53. The number of ether oxygens (including phenoxy) is 1. The summed E-state index contributed by atoms with van der Waals surface area (Å²) in [5.74, 6) is -0.102. The Morgan fingerprint density at radius 2 is 2.00 bits per heavy atom. The van der Waals surface area contributed by atoms with Crippen LogP contribution in [0.3, 0.4) is 0 Å². The molecule has 2 N–H and O–H groups in total. The molecule has 26 heavy (non-hydrogen) atoms. The molecule has 3 rings (SSSR count). The zero-order valence-corrected chi connectivity index (χ0v) is 14.9. The molecule has 0 spiro atoms. The molecule has 7 nitrogen and oxygen atoms in total. The number of ketones is 1. The minimum atomic E-state index is -0.312. The molecule has 1 aliphatic carbocycles. The second-order valence-corrected chi connectivity index (χ2v) is 6.80. The molecule has 0 atom stereocenters. The zero-order valence-electron chi connectivity index (χ0n) is 14.9. The number of hydrogen-bond donors (Lipinski definition) is 2. The Morgan fingerprint density at radius 1 is 1.27 bits per heavy atom. The summed E-state index contributed by atoms with van der Waals surface area (Å²) in [4.78, 5) is 38.0. The van der Waals surface area contributed by atoms with Crippen molar-refractivity contribution >= 4 is 23.3 Å². The van der Waals surface area contributed by atoms with Crippen LogP contribution in [0.15, 0.2) is 18.2 Å². The molecule has 1 heterocycles. The monoisotopic (exact) mass is 360 g/mol. The number of Topliss-reactive ketones (excluding diaryl/α,β-unsaturated/α-hetero) is 1. The van der Waals surface area contributed by atoms with Gasteiger partial charge in [-0.2, -0.15) is 0 Å². The summed E-state index contributed by atoms with van der Waals surface area (Å²) in [6.07, 6.45) is 2.89. The first-order chi connectivity index (χ1) is 12.5. The second-order valence-electron chi connectivity index (χ2n) is 6.80. The van der Waals surface area contributed by atoms with Crippen LogP contribution >= 0.6 is 0 Å². The summed E-state index contributed by atoms with van der Waals surface area (Å²) < 4.78 is 5.42. The molecule has 1 aromatic rings. The molecule has 0 aromatic heterocycles. The zero-order chi connectivity index (χ0) is 18.7. The average Bonchev–Trinajstić information content (AvgIpc) is 2.65. The van der Waals surface area contributed by atoms with Gasteiger partial charge in [-0.15, -0.1) is 0 Å². The third-order valence-electron chi connectivity index (χ3n) is 4.91. The number of rotatable bonds is 5. The van der Waals surface area contributed by atoms with Crippen LogP contribution in [-0.4, -0.2) is 48.0 Å². The molecule has 0 unspecified atom stereocenters. The van der Waals surface area contributed by atoms with Gasteiger partial charge in [0.2, 0.25) is 5.91 Å². The molecule has 0 radical (unpaired) electrons. The van der Waals surface area contributed by atoms with Crippen molar-refractivity contribution in [2.75, 3.05) is 18.1 Å². The lowest BCUT2D eigenvalue weighted by molar-refractivity contribution is -0.125. The molecule has 1 fully saturated rings. The maximum absolute atomic E-state index is 12.4. The number of aliphatic hydroxyl groups excluding tert-OH is 1. The Morgan fingerprint density at radius 3 is 2.69 bits per heavy atom. The van der Waals surface area contributed by atoms with E-state index in [2.05, 4.69) is 5.32 Å². The van der Waals surface area contributed by atoms with Crippen LogP contribution in [0.2, 0.25) is 0 Å². The lowest BCUT2D eigenvalue weighted by Crippen LogP contribution is -2.48. The van der Waals surface area contributed by atoms with Gasteiger partial charge in [-0.25, -0.2) is 0 Å². The number of amides is 2. The van der Waals surface area contributed by atoms with Gasteiger partial charge in [0.05, 0.1) is 11.8 Å². The van der Waals surface area contributed by atoms with E-state index in [1.165, 1.54) is 4.90 Å². The maximum atomic E-state index is 12.4. The smallest absolute Gasteiger partial charge is 0.265 e. The topological polar surface area (TPSA) is 95.9 Å². The minimum Gasteiger partial charge on any atom is -0.482 e. The lowest BCUT2D eigenvalue weighted by Gasteiger charge is -2.31. The molecular formula is C19H24N2O5. The summed E-state index contributed by atoms with van der Waals surface area (Å²) >= 11 is 0. The van der Waals surface area contributed by atoms with E-state index >= 15 is 0 Å². The van der Waals surface area contributed by atoms with Crippen LogP contribution in [0.5, 0.6) is 5.75 Å².